The Bertz CT molecular complexity index is 277. The summed E-state index contributed by atoms with van der Waals surface area (Å²) in [7, 11) is 0. The lowest BCUT2D eigenvalue weighted by atomic mass is 10.4. The minimum absolute atomic E-state index is 0.714. The van der Waals surface area contributed by atoms with Crippen molar-refractivity contribution >= 4 is 11.8 Å². The van der Waals surface area contributed by atoms with Crippen LogP contribution < -0.4 is 5.73 Å². The molecule has 0 bridgehead atoms. The molecule has 1 rings (SSSR count). The molecule has 72 valence electrons. The van der Waals surface area contributed by atoms with E-state index in [1.54, 1.807) is 11.8 Å². The van der Waals surface area contributed by atoms with Gasteiger partial charge in [-0.1, -0.05) is 11.8 Å². The first-order valence-corrected chi connectivity index (χ1v) is 5.23. The summed E-state index contributed by atoms with van der Waals surface area (Å²) in [6, 6.07) is 0. The van der Waals surface area contributed by atoms with Gasteiger partial charge in [-0.15, -0.1) is 5.10 Å². The molecule has 0 atom stereocenters. The van der Waals surface area contributed by atoms with Gasteiger partial charge in [0.15, 0.2) is 0 Å². The molecule has 0 saturated heterocycles. The molecule has 0 unspecified atom stereocenters. The fraction of sp³-hybridized carbons (Fsp3) is 0.625. The van der Waals surface area contributed by atoms with Crippen LogP contribution in [0.4, 0.5) is 0 Å². The Balaban J connectivity index is 2.53. The van der Waals surface area contributed by atoms with Crippen molar-refractivity contribution in [1.82, 2.24) is 15.2 Å². The van der Waals surface area contributed by atoms with Crippen molar-refractivity contribution in [3.05, 3.63) is 11.4 Å². The number of rotatable bonds is 4. The Morgan fingerprint density at radius 2 is 2.00 bits per heavy atom. The normalized spacial score (nSPS) is 10.4. The van der Waals surface area contributed by atoms with Crippen LogP contribution in [-0.2, 0) is 0 Å². The van der Waals surface area contributed by atoms with E-state index in [0.717, 1.165) is 28.7 Å². The number of aromatic nitrogens is 3. The Labute approximate surface area is 82.3 Å². The first-order chi connectivity index (χ1) is 6.24. The number of hydrogen-bond acceptors (Lipinski definition) is 5. The molecular formula is C8H14N4S. The Morgan fingerprint density at radius 3 is 2.62 bits per heavy atom. The van der Waals surface area contributed by atoms with E-state index in [1.165, 1.54) is 0 Å². The van der Waals surface area contributed by atoms with E-state index in [-0.39, 0.29) is 0 Å². The van der Waals surface area contributed by atoms with Crippen molar-refractivity contribution in [1.29, 1.82) is 0 Å². The molecule has 0 saturated carbocycles. The maximum atomic E-state index is 5.38. The summed E-state index contributed by atoms with van der Waals surface area (Å²) in [6.07, 6.45) is 0.987. The third-order valence-electron chi connectivity index (χ3n) is 1.65. The van der Waals surface area contributed by atoms with Crippen LogP contribution in [0.2, 0.25) is 0 Å². The first kappa shape index (κ1) is 10.4. The van der Waals surface area contributed by atoms with Crippen LogP contribution in [0.25, 0.3) is 0 Å². The number of hydrogen-bond donors (Lipinski definition) is 1. The lowest BCUT2D eigenvalue weighted by Gasteiger charge is -2.00. The van der Waals surface area contributed by atoms with E-state index in [4.69, 9.17) is 5.73 Å². The topological polar surface area (TPSA) is 64.7 Å². The highest BCUT2D eigenvalue weighted by Gasteiger charge is 2.00. The lowest BCUT2D eigenvalue weighted by molar-refractivity contribution is 0.787. The molecule has 0 aliphatic heterocycles. The van der Waals surface area contributed by atoms with Gasteiger partial charge in [-0.25, -0.2) is 4.98 Å². The average Bonchev–Trinajstić information content (AvgIpc) is 2.12. The SMILES string of the molecule is Cc1nnc(SCCCN)nc1C. The van der Waals surface area contributed by atoms with Crippen LogP contribution in [0.1, 0.15) is 17.8 Å². The molecule has 0 aromatic carbocycles. The van der Waals surface area contributed by atoms with Gasteiger partial charge in [0.25, 0.3) is 0 Å². The zero-order chi connectivity index (χ0) is 9.68. The highest BCUT2D eigenvalue weighted by Crippen LogP contribution is 2.13. The third kappa shape index (κ3) is 3.28. The summed E-state index contributed by atoms with van der Waals surface area (Å²) in [5.74, 6) is 0.959. The van der Waals surface area contributed by atoms with Crippen LogP contribution in [0.5, 0.6) is 0 Å². The van der Waals surface area contributed by atoms with Gasteiger partial charge in [-0.3, -0.25) is 0 Å². The molecule has 1 aromatic rings. The van der Waals surface area contributed by atoms with Crippen LogP contribution in [-0.4, -0.2) is 27.5 Å². The predicted octanol–water partition coefficient (Wildman–Crippen LogP) is 0.929. The summed E-state index contributed by atoms with van der Waals surface area (Å²) in [6.45, 7) is 4.56. The Kier molecular flexibility index (Phi) is 4.11. The van der Waals surface area contributed by atoms with Gasteiger partial charge in [0.1, 0.15) is 0 Å². The summed E-state index contributed by atoms with van der Waals surface area (Å²) >= 11 is 1.60. The van der Waals surface area contributed by atoms with Crippen LogP contribution in [0.15, 0.2) is 5.16 Å². The maximum Gasteiger partial charge on any atom is 0.209 e. The predicted molar refractivity (Wildman–Crippen MR) is 53.7 cm³/mol. The summed E-state index contributed by atoms with van der Waals surface area (Å²) in [5, 5.41) is 8.71. The summed E-state index contributed by atoms with van der Waals surface area (Å²) in [5.41, 5.74) is 7.22. The zero-order valence-electron chi connectivity index (χ0n) is 7.95. The van der Waals surface area contributed by atoms with Crippen LogP contribution >= 0.6 is 11.8 Å². The maximum absolute atomic E-state index is 5.38. The molecular weight excluding hydrogens is 184 g/mol. The molecule has 0 amide bonds. The molecule has 0 radical (unpaired) electrons. The van der Waals surface area contributed by atoms with E-state index in [2.05, 4.69) is 15.2 Å². The largest absolute Gasteiger partial charge is 0.330 e. The van der Waals surface area contributed by atoms with E-state index in [9.17, 15) is 0 Å². The molecule has 13 heavy (non-hydrogen) atoms. The van der Waals surface area contributed by atoms with E-state index >= 15 is 0 Å². The number of aryl methyl sites for hydroxylation is 2. The van der Waals surface area contributed by atoms with Gasteiger partial charge in [-0.05, 0) is 26.8 Å². The van der Waals surface area contributed by atoms with Crippen molar-refractivity contribution in [2.75, 3.05) is 12.3 Å². The monoisotopic (exact) mass is 198 g/mol. The van der Waals surface area contributed by atoms with E-state index in [0.29, 0.717) is 6.54 Å². The van der Waals surface area contributed by atoms with Crippen LogP contribution in [0.3, 0.4) is 0 Å². The van der Waals surface area contributed by atoms with Crippen molar-refractivity contribution in [2.24, 2.45) is 5.73 Å². The highest BCUT2D eigenvalue weighted by molar-refractivity contribution is 7.99. The van der Waals surface area contributed by atoms with Gasteiger partial charge >= 0.3 is 0 Å². The molecule has 2 N–H and O–H groups in total. The Morgan fingerprint density at radius 1 is 1.23 bits per heavy atom. The quantitative estimate of drug-likeness (QED) is 0.576. The second kappa shape index (κ2) is 5.14. The van der Waals surface area contributed by atoms with Crippen molar-refractivity contribution in [3.63, 3.8) is 0 Å². The van der Waals surface area contributed by atoms with Gasteiger partial charge in [0, 0.05) is 5.75 Å². The minimum Gasteiger partial charge on any atom is -0.330 e. The molecule has 1 aromatic heterocycles. The molecule has 0 aliphatic carbocycles. The average molecular weight is 198 g/mol. The van der Waals surface area contributed by atoms with E-state index in [1.807, 2.05) is 13.8 Å². The Hall–Kier alpha value is -0.680. The van der Waals surface area contributed by atoms with E-state index < -0.39 is 0 Å². The zero-order valence-corrected chi connectivity index (χ0v) is 8.77. The van der Waals surface area contributed by atoms with Crippen LogP contribution in [0, 0.1) is 13.8 Å². The van der Waals surface area contributed by atoms with Gasteiger partial charge in [0.2, 0.25) is 5.16 Å². The molecule has 5 heteroatoms. The highest BCUT2D eigenvalue weighted by atomic mass is 32.2. The molecule has 1 heterocycles. The molecule has 0 fully saturated rings. The standard InChI is InChI=1S/C8H14N4S/c1-6-7(2)11-12-8(10-6)13-5-3-4-9/h3-5,9H2,1-2H3. The van der Waals surface area contributed by atoms with Gasteiger partial charge in [0.05, 0.1) is 11.4 Å². The molecule has 0 aliphatic rings. The second-order valence-corrected chi connectivity index (χ2v) is 3.82. The van der Waals surface area contributed by atoms with Crippen molar-refractivity contribution < 1.29 is 0 Å². The molecule has 4 nitrogen and oxygen atoms in total. The fourth-order valence-electron chi connectivity index (χ4n) is 0.745. The first-order valence-electron chi connectivity index (χ1n) is 4.25. The van der Waals surface area contributed by atoms with Crippen molar-refractivity contribution in [3.8, 4) is 0 Å². The third-order valence-corrected chi connectivity index (χ3v) is 2.58. The number of nitrogens with zero attached hydrogens (tertiary/aromatic N) is 3. The number of nitrogens with two attached hydrogens (primary N) is 1. The fourth-order valence-corrected chi connectivity index (χ4v) is 1.54. The van der Waals surface area contributed by atoms with Gasteiger partial charge < -0.3 is 5.73 Å². The van der Waals surface area contributed by atoms with Gasteiger partial charge in [-0.2, -0.15) is 5.10 Å². The molecule has 0 spiro atoms. The summed E-state index contributed by atoms with van der Waals surface area (Å²) in [4.78, 5) is 4.29. The number of thioether (sulfide) groups is 1. The second-order valence-electron chi connectivity index (χ2n) is 2.76. The summed E-state index contributed by atoms with van der Waals surface area (Å²) < 4.78 is 0. The minimum atomic E-state index is 0.714. The van der Waals surface area contributed by atoms with Crippen molar-refractivity contribution in [2.45, 2.75) is 25.4 Å². The smallest absolute Gasteiger partial charge is 0.209 e. The lowest BCUT2D eigenvalue weighted by Crippen LogP contribution is -2.01.